The van der Waals surface area contributed by atoms with Crippen molar-refractivity contribution in [1.29, 1.82) is 0 Å². The van der Waals surface area contributed by atoms with Crippen LogP contribution in [0.15, 0.2) is 48.7 Å². The van der Waals surface area contributed by atoms with E-state index in [2.05, 4.69) is 10.4 Å². The Morgan fingerprint density at radius 3 is 2.80 bits per heavy atom. The number of aryl methyl sites for hydroxylation is 1. The average Bonchev–Trinajstić information content (AvgIpc) is 3.38. The normalized spacial score (nSPS) is 15.9. The number of amides is 1. The zero-order valence-electron chi connectivity index (χ0n) is 17.0. The number of anilines is 1. The number of carbonyl (C=O) groups excluding carboxylic acids is 1. The van der Waals surface area contributed by atoms with Gasteiger partial charge < -0.3 is 14.8 Å². The number of carbonyl (C=O) groups is 1. The third-order valence-electron chi connectivity index (χ3n) is 5.16. The van der Waals surface area contributed by atoms with E-state index in [1.165, 1.54) is 18.3 Å². The van der Waals surface area contributed by atoms with Crippen molar-refractivity contribution in [3.8, 4) is 11.4 Å². The summed E-state index contributed by atoms with van der Waals surface area (Å²) in [6.07, 6.45) is 3.62. The van der Waals surface area contributed by atoms with Crippen molar-refractivity contribution >= 4 is 11.6 Å². The molecule has 30 heavy (non-hydrogen) atoms. The van der Waals surface area contributed by atoms with E-state index in [1.807, 2.05) is 25.1 Å². The fourth-order valence-corrected chi connectivity index (χ4v) is 3.48. The molecular formula is C23H24FN3O3. The lowest BCUT2D eigenvalue weighted by atomic mass is 10.2. The van der Waals surface area contributed by atoms with Gasteiger partial charge in [0.15, 0.2) is 0 Å². The second-order valence-electron chi connectivity index (χ2n) is 7.43. The van der Waals surface area contributed by atoms with E-state index in [4.69, 9.17) is 9.47 Å². The summed E-state index contributed by atoms with van der Waals surface area (Å²) in [5, 5.41) is 7.22. The number of halogens is 1. The first-order chi connectivity index (χ1) is 14.5. The lowest BCUT2D eigenvalue weighted by Gasteiger charge is -2.16. The minimum absolute atomic E-state index is 0.0882. The van der Waals surface area contributed by atoms with Gasteiger partial charge in [0.05, 0.1) is 34.9 Å². The highest BCUT2D eigenvalue weighted by Crippen LogP contribution is 2.28. The average molecular weight is 409 g/mol. The Balaban J connectivity index is 1.52. The van der Waals surface area contributed by atoms with E-state index >= 15 is 0 Å². The molecule has 0 spiro atoms. The molecule has 3 aromatic rings. The van der Waals surface area contributed by atoms with E-state index in [0.717, 1.165) is 25.0 Å². The van der Waals surface area contributed by atoms with Crippen molar-refractivity contribution in [2.24, 2.45) is 0 Å². The second-order valence-corrected chi connectivity index (χ2v) is 7.43. The molecule has 6 nitrogen and oxygen atoms in total. The van der Waals surface area contributed by atoms with Crippen LogP contribution in [0.25, 0.3) is 5.69 Å². The smallest absolute Gasteiger partial charge is 0.259 e. The summed E-state index contributed by atoms with van der Waals surface area (Å²) in [5.74, 6) is 0.00513. The Labute approximate surface area is 174 Å². The summed E-state index contributed by atoms with van der Waals surface area (Å²) in [5.41, 5.74) is 3.41. The molecule has 156 valence electrons. The van der Waals surface area contributed by atoms with Gasteiger partial charge in [-0.1, -0.05) is 6.07 Å². The molecule has 0 saturated carbocycles. The molecule has 2 aromatic carbocycles. The van der Waals surface area contributed by atoms with Crippen LogP contribution in [0.5, 0.6) is 5.75 Å². The third kappa shape index (κ3) is 4.36. The number of rotatable bonds is 6. The topological polar surface area (TPSA) is 65.4 Å². The van der Waals surface area contributed by atoms with E-state index < -0.39 is 0 Å². The molecule has 0 radical (unpaired) electrons. The van der Waals surface area contributed by atoms with Crippen LogP contribution in [0.3, 0.4) is 0 Å². The molecule has 1 unspecified atom stereocenters. The van der Waals surface area contributed by atoms with Crippen LogP contribution in [0.1, 0.15) is 34.5 Å². The Morgan fingerprint density at radius 2 is 2.07 bits per heavy atom. The minimum atomic E-state index is -0.323. The number of hydrogen-bond donors (Lipinski definition) is 1. The van der Waals surface area contributed by atoms with E-state index in [1.54, 1.807) is 23.7 Å². The maximum atomic E-state index is 13.2. The fraction of sp³-hybridized carbons (Fsp3) is 0.304. The zero-order chi connectivity index (χ0) is 21.1. The van der Waals surface area contributed by atoms with Gasteiger partial charge in [-0.15, -0.1) is 0 Å². The van der Waals surface area contributed by atoms with Crippen LogP contribution >= 0.6 is 0 Å². The minimum Gasteiger partial charge on any atom is -0.489 e. The highest BCUT2D eigenvalue weighted by atomic mass is 19.1. The van der Waals surface area contributed by atoms with Gasteiger partial charge >= 0.3 is 0 Å². The summed E-state index contributed by atoms with van der Waals surface area (Å²) >= 11 is 0. The van der Waals surface area contributed by atoms with Gasteiger partial charge in [0.2, 0.25) is 0 Å². The Bertz CT molecular complexity index is 1040. The van der Waals surface area contributed by atoms with Gasteiger partial charge in [0, 0.05) is 6.61 Å². The van der Waals surface area contributed by atoms with Gasteiger partial charge in [0.25, 0.3) is 5.91 Å². The quantitative estimate of drug-likeness (QED) is 0.654. The summed E-state index contributed by atoms with van der Waals surface area (Å²) in [7, 11) is 0. The van der Waals surface area contributed by atoms with Crippen molar-refractivity contribution in [3.05, 3.63) is 71.3 Å². The monoisotopic (exact) mass is 409 g/mol. The summed E-state index contributed by atoms with van der Waals surface area (Å²) in [6.45, 7) is 4.99. The van der Waals surface area contributed by atoms with Crippen LogP contribution in [0, 0.1) is 19.7 Å². The molecule has 7 heteroatoms. The molecule has 1 amide bonds. The zero-order valence-corrected chi connectivity index (χ0v) is 17.0. The van der Waals surface area contributed by atoms with Gasteiger partial charge in [-0.25, -0.2) is 9.07 Å². The standard InChI is InChI=1S/C23H24FN3O3/c1-15-5-10-21(22(12-15)30-14-19-4-3-11-29-19)26-23(28)20-13-25-27(16(20)2)18-8-6-17(24)7-9-18/h5-10,12-13,19H,3-4,11,14H2,1-2H3,(H,26,28). The van der Waals surface area contributed by atoms with Gasteiger partial charge in [-0.2, -0.15) is 5.10 Å². The largest absolute Gasteiger partial charge is 0.489 e. The van der Waals surface area contributed by atoms with Crippen LogP contribution in [0.4, 0.5) is 10.1 Å². The highest BCUT2D eigenvalue weighted by Gasteiger charge is 2.19. The summed E-state index contributed by atoms with van der Waals surface area (Å²) < 4.78 is 26.4. The Kier molecular flexibility index (Phi) is 5.81. The number of hydrogen-bond acceptors (Lipinski definition) is 4. The Hall–Kier alpha value is -3.19. The molecule has 2 heterocycles. The summed E-state index contributed by atoms with van der Waals surface area (Å²) in [6, 6.07) is 11.6. The predicted molar refractivity (Wildman–Crippen MR) is 112 cm³/mol. The predicted octanol–water partition coefficient (Wildman–Crippen LogP) is 4.44. The first-order valence-corrected chi connectivity index (χ1v) is 9.98. The van der Waals surface area contributed by atoms with E-state index in [9.17, 15) is 9.18 Å². The van der Waals surface area contributed by atoms with E-state index in [0.29, 0.717) is 35.0 Å². The van der Waals surface area contributed by atoms with Crippen molar-refractivity contribution in [2.45, 2.75) is 32.8 Å². The van der Waals surface area contributed by atoms with Gasteiger partial charge in [-0.05, 0) is 68.7 Å². The lowest BCUT2D eigenvalue weighted by Crippen LogP contribution is -2.18. The molecule has 1 saturated heterocycles. The molecule has 4 rings (SSSR count). The van der Waals surface area contributed by atoms with Gasteiger partial charge in [0.1, 0.15) is 18.2 Å². The van der Waals surface area contributed by atoms with Crippen molar-refractivity contribution in [3.63, 3.8) is 0 Å². The molecular weight excluding hydrogens is 385 g/mol. The van der Waals surface area contributed by atoms with Gasteiger partial charge in [-0.3, -0.25) is 4.79 Å². The summed E-state index contributed by atoms with van der Waals surface area (Å²) in [4.78, 5) is 12.9. The number of nitrogens with zero attached hydrogens (tertiary/aromatic N) is 2. The van der Waals surface area contributed by atoms with Crippen LogP contribution in [-0.4, -0.2) is 35.0 Å². The fourth-order valence-electron chi connectivity index (χ4n) is 3.48. The maximum absolute atomic E-state index is 13.2. The molecule has 0 aliphatic carbocycles. The SMILES string of the molecule is Cc1ccc(NC(=O)c2cnn(-c3ccc(F)cc3)c2C)c(OCC2CCCO2)c1. The third-order valence-corrected chi connectivity index (χ3v) is 5.16. The molecule has 1 atom stereocenters. The maximum Gasteiger partial charge on any atom is 0.259 e. The van der Waals surface area contributed by atoms with Crippen LogP contribution in [0.2, 0.25) is 0 Å². The molecule has 1 aromatic heterocycles. The van der Waals surface area contributed by atoms with Crippen molar-refractivity contribution in [2.75, 3.05) is 18.5 Å². The number of nitrogens with one attached hydrogen (secondary N) is 1. The molecule has 1 aliphatic heterocycles. The first-order valence-electron chi connectivity index (χ1n) is 9.98. The molecule has 0 bridgehead atoms. The first kappa shape index (κ1) is 20.1. The molecule has 1 N–H and O–H groups in total. The highest BCUT2D eigenvalue weighted by molar-refractivity contribution is 6.05. The second kappa shape index (κ2) is 8.67. The number of benzene rings is 2. The molecule has 1 aliphatic rings. The molecule has 1 fully saturated rings. The number of aromatic nitrogens is 2. The van der Waals surface area contributed by atoms with Crippen molar-refractivity contribution in [1.82, 2.24) is 9.78 Å². The Morgan fingerprint density at radius 1 is 1.27 bits per heavy atom. The van der Waals surface area contributed by atoms with Crippen molar-refractivity contribution < 1.29 is 18.7 Å². The number of ether oxygens (including phenoxy) is 2. The van der Waals surface area contributed by atoms with Crippen LogP contribution in [-0.2, 0) is 4.74 Å². The lowest BCUT2D eigenvalue weighted by molar-refractivity contribution is 0.0681. The van der Waals surface area contributed by atoms with E-state index in [-0.39, 0.29) is 17.8 Å². The van der Waals surface area contributed by atoms with Crippen LogP contribution < -0.4 is 10.1 Å².